The van der Waals surface area contributed by atoms with Crippen molar-refractivity contribution < 1.29 is 19.1 Å². The summed E-state index contributed by atoms with van der Waals surface area (Å²) in [6, 6.07) is 12.5. The van der Waals surface area contributed by atoms with Crippen molar-refractivity contribution in [1.29, 1.82) is 0 Å². The van der Waals surface area contributed by atoms with Crippen LogP contribution in [-0.2, 0) is 9.59 Å². The van der Waals surface area contributed by atoms with Crippen LogP contribution in [0.3, 0.4) is 0 Å². The summed E-state index contributed by atoms with van der Waals surface area (Å²) in [5.74, 6) is 0.228. The molecule has 0 spiro atoms. The van der Waals surface area contributed by atoms with Crippen LogP contribution in [-0.4, -0.2) is 30.1 Å². The maximum atomic E-state index is 11.8. The molecule has 0 aliphatic carbocycles. The van der Waals surface area contributed by atoms with Crippen LogP contribution in [0, 0.1) is 6.92 Å². The SMILES string of the molecule is Cc1cc(Br)ccc1OCC(=O)NNC(=S)NC(=O)COc1ccc(Br)cc1. The van der Waals surface area contributed by atoms with E-state index in [4.69, 9.17) is 21.7 Å². The maximum Gasteiger partial charge on any atom is 0.276 e. The van der Waals surface area contributed by atoms with E-state index in [1.54, 1.807) is 30.3 Å². The zero-order valence-electron chi connectivity index (χ0n) is 14.8. The molecule has 0 atom stereocenters. The topological polar surface area (TPSA) is 88.7 Å². The van der Waals surface area contributed by atoms with Crippen LogP contribution in [0.5, 0.6) is 11.5 Å². The minimum atomic E-state index is -0.462. The molecule has 0 aliphatic heterocycles. The van der Waals surface area contributed by atoms with E-state index >= 15 is 0 Å². The molecule has 2 aromatic carbocycles. The second-order valence-corrected chi connectivity index (χ2v) is 7.73. The Morgan fingerprint density at radius 2 is 1.57 bits per heavy atom. The second kappa shape index (κ2) is 11.0. The van der Waals surface area contributed by atoms with E-state index in [-0.39, 0.29) is 18.3 Å². The maximum absolute atomic E-state index is 11.8. The van der Waals surface area contributed by atoms with Crippen molar-refractivity contribution in [3.05, 3.63) is 57.0 Å². The van der Waals surface area contributed by atoms with Gasteiger partial charge in [-0.05, 0) is 67.2 Å². The van der Waals surface area contributed by atoms with Crippen molar-refractivity contribution in [3.8, 4) is 11.5 Å². The Labute approximate surface area is 184 Å². The highest BCUT2D eigenvalue weighted by Gasteiger charge is 2.08. The standard InChI is InChI=1S/C18H17Br2N3O4S/c1-11-8-13(20)4-7-15(11)27-10-17(25)22-23-18(28)21-16(24)9-26-14-5-2-12(19)3-6-14/h2-8H,9-10H2,1H3,(H,22,25)(H2,21,23,24,28). The third-order valence-corrected chi connectivity index (χ3v) is 4.47. The summed E-state index contributed by atoms with van der Waals surface area (Å²) in [5, 5.41) is 2.33. The molecular formula is C18H17Br2N3O4S. The molecule has 10 heteroatoms. The van der Waals surface area contributed by atoms with Gasteiger partial charge in [-0.3, -0.25) is 25.8 Å². The third kappa shape index (κ3) is 7.83. The lowest BCUT2D eigenvalue weighted by molar-refractivity contribution is -0.124. The fraction of sp³-hybridized carbons (Fsp3) is 0.167. The lowest BCUT2D eigenvalue weighted by Gasteiger charge is -2.12. The van der Waals surface area contributed by atoms with Crippen molar-refractivity contribution in [2.45, 2.75) is 6.92 Å². The molecule has 0 fully saturated rings. The van der Waals surface area contributed by atoms with Crippen LogP contribution in [0.1, 0.15) is 5.56 Å². The average molecular weight is 531 g/mol. The molecule has 148 valence electrons. The molecule has 3 N–H and O–H groups in total. The largest absolute Gasteiger partial charge is 0.484 e. The summed E-state index contributed by atoms with van der Waals surface area (Å²) in [5.41, 5.74) is 5.67. The Balaban J connectivity index is 1.66. The summed E-state index contributed by atoms with van der Waals surface area (Å²) in [6.07, 6.45) is 0. The summed E-state index contributed by atoms with van der Waals surface area (Å²) >= 11 is 11.6. The fourth-order valence-corrected chi connectivity index (χ4v) is 2.86. The number of nitrogens with one attached hydrogen (secondary N) is 3. The monoisotopic (exact) mass is 529 g/mol. The number of thiocarbonyl (C=S) groups is 1. The molecule has 0 aliphatic rings. The number of ether oxygens (including phenoxy) is 2. The number of hydrogen-bond acceptors (Lipinski definition) is 5. The van der Waals surface area contributed by atoms with Crippen LogP contribution >= 0.6 is 44.1 Å². The minimum absolute atomic E-state index is 0.0578. The summed E-state index contributed by atoms with van der Waals surface area (Å²) in [4.78, 5) is 23.6. The third-order valence-electron chi connectivity index (χ3n) is 3.25. The van der Waals surface area contributed by atoms with Crippen LogP contribution in [0.4, 0.5) is 0 Å². The molecule has 0 saturated heterocycles. The Bertz CT molecular complexity index is 862. The number of aryl methyl sites for hydroxylation is 1. The Morgan fingerprint density at radius 1 is 0.929 bits per heavy atom. The first-order valence-electron chi connectivity index (χ1n) is 7.99. The molecule has 0 aromatic heterocycles. The van der Waals surface area contributed by atoms with E-state index in [9.17, 15) is 9.59 Å². The summed E-state index contributed by atoms with van der Waals surface area (Å²) in [6.45, 7) is 1.44. The molecule has 7 nitrogen and oxygen atoms in total. The van der Waals surface area contributed by atoms with Gasteiger partial charge in [-0.1, -0.05) is 31.9 Å². The number of hydrogen-bond donors (Lipinski definition) is 3. The van der Waals surface area contributed by atoms with Gasteiger partial charge < -0.3 is 9.47 Å². The second-order valence-electron chi connectivity index (χ2n) is 5.49. The first-order chi connectivity index (χ1) is 13.3. The van der Waals surface area contributed by atoms with E-state index in [0.29, 0.717) is 11.5 Å². The van der Waals surface area contributed by atoms with Gasteiger partial charge in [0.15, 0.2) is 18.3 Å². The number of hydrazine groups is 1. The molecule has 0 unspecified atom stereocenters. The lowest BCUT2D eigenvalue weighted by Crippen LogP contribution is -2.50. The van der Waals surface area contributed by atoms with E-state index in [2.05, 4.69) is 48.0 Å². The molecule has 0 heterocycles. The molecule has 0 saturated carbocycles. The highest BCUT2D eigenvalue weighted by molar-refractivity contribution is 9.10. The van der Waals surface area contributed by atoms with Crippen LogP contribution in [0.2, 0.25) is 0 Å². The number of rotatable bonds is 6. The first-order valence-corrected chi connectivity index (χ1v) is 9.99. The van der Waals surface area contributed by atoms with Gasteiger partial charge in [0.1, 0.15) is 11.5 Å². The number of amides is 2. The van der Waals surface area contributed by atoms with Gasteiger partial charge in [0.25, 0.3) is 11.8 Å². The van der Waals surface area contributed by atoms with Gasteiger partial charge in [0, 0.05) is 8.95 Å². The van der Waals surface area contributed by atoms with E-state index in [1.807, 2.05) is 19.1 Å². The number of benzene rings is 2. The van der Waals surface area contributed by atoms with Gasteiger partial charge >= 0.3 is 0 Å². The smallest absolute Gasteiger partial charge is 0.276 e. The zero-order chi connectivity index (χ0) is 20.5. The normalized spacial score (nSPS) is 9.96. The quantitative estimate of drug-likeness (QED) is 0.393. The predicted molar refractivity (Wildman–Crippen MR) is 116 cm³/mol. The lowest BCUT2D eigenvalue weighted by atomic mass is 10.2. The molecule has 2 rings (SSSR count). The van der Waals surface area contributed by atoms with Gasteiger partial charge in [-0.25, -0.2) is 0 Å². The molecule has 2 aromatic rings. The number of carbonyl (C=O) groups excluding carboxylic acids is 2. The Kier molecular flexibility index (Phi) is 8.68. The molecule has 0 bridgehead atoms. The van der Waals surface area contributed by atoms with E-state index in [1.165, 1.54) is 0 Å². The van der Waals surface area contributed by atoms with Gasteiger partial charge in [-0.2, -0.15) is 0 Å². The van der Waals surface area contributed by atoms with E-state index < -0.39 is 11.8 Å². The van der Waals surface area contributed by atoms with Crippen molar-refractivity contribution in [1.82, 2.24) is 16.2 Å². The highest BCUT2D eigenvalue weighted by Crippen LogP contribution is 2.21. The van der Waals surface area contributed by atoms with Crippen molar-refractivity contribution >= 4 is 61.0 Å². The predicted octanol–water partition coefficient (Wildman–Crippen LogP) is 3.00. The Morgan fingerprint density at radius 3 is 2.25 bits per heavy atom. The van der Waals surface area contributed by atoms with E-state index in [0.717, 1.165) is 14.5 Å². The highest BCUT2D eigenvalue weighted by atomic mass is 79.9. The zero-order valence-corrected chi connectivity index (χ0v) is 18.7. The minimum Gasteiger partial charge on any atom is -0.484 e. The van der Waals surface area contributed by atoms with Crippen molar-refractivity contribution in [2.24, 2.45) is 0 Å². The van der Waals surface area contributed by atoms with Crippen LogP contribution in [0.15, 0.2) is 51.4 Å². The molecule has 28 heavy (non-hydrogen) atoms. The molecular weight excluding hydrogens is 514 g/mol. The van der Waals surface area contributed by atoms with Crippen molar-refractivity contribution in [2.75, 3.05) is 13.2 Å². The summed E-state index contributed by atoms with van der Waals surface area (Å²) < 4.78 is 12.6. The fourth-order valence-electron chi connectivity index (χ4n) is 1.95. The molecule has 2 amide bonds. The average Bonchev–Trinajstić information content (AvgIpc) is 2.65. The van der Waals surface area contributed by atoms with Gasteiger partial charge in [0.05, 0.1) is 0 Å². The first kappa shape index (κ1) is 22.1. The summed E-state index contributed by atoms with van der Waals surface area (Å²) in [7, 11) is 0. The van der Waals surface area contributed by atoms with Gasteiger partial charge in [-0.15, -0.1) is 0 Å². The van der Waals surface area contributed by atoms with Crippen LogP contribution in [0.25, 0.3) is 0 Å². The van der Waals surface area contributed by atoms with Crippen molar-refractivity contribution in [3.63, 3.8) is 0 Å². The van der Waals surface area contributed by atoms with Crippen LogP contribution < -0.4 is 25.6 Å². The number of halogens is 2. The number of carbonyl (C=O) groups is 2. The van der Waals surface area contributed by atoms with Gasteiger partial charge in [0.2, 0.25) is 0 Å². The molecule has 0 radical (unpaired) electrons. The Hall–Kier alpha value is -2.17.